The van der Waals surface area contributed by atoms with E-state index in [0.29, 0.717) is 17.6 Å². The van der Waals surface area contributed by atoms with Gasteiger partial charge >= 0.3 is 0 Å². The molecule has 6 rings (SSSR count). The minimum absolute atomic E-state index is 0.271. The average molecular weight is 456 g/mol. The number of nitrogens with zero attached hydrogens (tertiary/aromatic N) is 5. The van der Waals surface area contributed by atoms with Crippen molar-refractivity contribution in [1.82, 2.24) is 25.3 Å². The number of fused-ring (bicyclic) bond motifs is 1. The van der Waals surface area contributed by atoms with Crippen molar-refractivity contribution in [2.24, 2.45) is 0 Å². The summed E-state index contributed by atoms with van der Waals surface area (Å²) in [5.41, 5.74) is 3.78. The van der Waals surface area contributed by atoms with Gasteiger partial charge in [-0.05, 0) is 73.7 Å². The summed E-state index contributed by atoms with van der Waals surface area (Å²) in [6.07, 6.45) is 9.07. The lowest BCUT2D eigenvalue weighted by molar-refractivity contribution is 0.628. The molecule has 1 saturated heterocycles. The molecular weight excluding hydrogens is 429 g/mol. The Kier molecular flexibility index (Phi) is 5.50. The van der Waals surface area contributed by atoms with Gasteiger partial charge in [0.1, 0.15) is 17.5 Å². The van der Waals surface area contributed by atoms with Crippen molar-refractivity contribution in [3.8, 4) is 11.4 Å². The van der Waals surface area contributed by atoms with Crippen LogP contribution in [0.1, 0.15) is 30.7 Å². The number of hydrogen-bond donors (Lipinski definition) is 2. The summed E-state index contributed by atoms with van der Waals surface area (Å²) in [4.78, 5) is 21.4. The van der Waals surface area contributed by atoms with Crippen molar-refractivity contribution < 1.29 is 4.39 Å². The molecule has 172 valence electrons. The van der Waals surface area contributed by atoms with Crippen molar-refractivity contribution in [2.75, 3.05) is 36.4 Å². The Balaban J connectivity index is 1.43. The molecule has 1 aromatic carbocycles. The maximum atomic E-state index is 13.3. The molecule has 0 unspecified atom stereocenters. The fraction of sp³-hybridized carbons (Fsp3) is 0.308. The molecule has 1 aliphatic heterocycles. The highest BCUT2D eigenvalue weighted by Gasteiger charge is 2.29. The molecule has 1 saturated carbocycles. The fourth-order valence-corrected chi connectivity index (χ4v) is 4.53. The predicted molar refractivity (Wildman–Crippen MR) is 132 cm³/mol. The summed E-state index contributed by atoms with van der Waals surface area (Å²) in [5, 5.41) is 7.86. The van der Waals surface area contributed by atoms with Crippen LogP contribution in [0.15, 0.2) is 55.0 Å². The molecule has 4 aromatic rings. The second-order valence-electron chi connectivity index (χ2n) is 8.92. The van der Waals surface area contributed by atoms with Crippen LogP contribution in [0.3, 0.4) is 0 Å². The first-order valence-corrected chi connectivity index (χ1v) is 11.8. The molecule has 2 aliphatic rings. The molecule has 0 radical (unpaired) electrons. The van der Waals surface area contributed by atoms with E-state index in [4.69, 9.17) is 9.97 Å². The molecule has 1 aliphatic carbocycles. The highest BCUT2D eigenvalue weighted by atomic mass is 19.1. The van der Waals surface area contributed by atoms with Gasteiger partial charge in [-0.2, -0.15) is 0 Å². The van der Waals surface area contributed by atoms with E-state index >= 15 is 0 Å². The predicted octanol–water partition coefficient (Wildman–Crippen LogP) is 4.65. The zero-order chi connectivity index (χ0) is 22.9. The van der Waals surface area contributed by atoms with E-state index in [9.17, 15) is 4.39 Å². The third-order valence-electron chi connectivity index (χ3n) is 6.41. The molecule has 0 amide bonds. The van der Waals surface area contributed by atoms with Crippen molar-refractivity contribution >= 4 is 28.2 Å². The zero-order valence-corrected chi connectivity index (χ0v) is 18.8. The summed E-state index contributed by atoms with van der Waals surface area (Å²) >= 11 is 0. The van der Waals surface area contributed by atoms with Crippen LogP contribution >= 0.6 is 0 Å². The van der Waals surface area contributed by atoms with Gasteiger partial charge in [-0.25, -0.2) is 19.3 Å². The van der Waals surface area contributed by atoms with E-state index in [2.05, 4.69) is 25.5 Å². The third kappa shape index (κ3) is 4.28. The lowest BCUT2D eigenvalue weighted by Gasteiger charge is -2.24. The number of halogens is 1. The summed E-state index contributed by atoms with van der Waals surface area (Å²) < 4.78 is 13.3. The first kappa shape index (κ1) is 20.9. The van der Waals surface area contributed by atoms with Crippen LogP contribution in [-0.2, 0) is 0 Å². The molecule has 34 heavy (non-hydrogen) atoms. The highest BCUT2D eigenvalue weighted by Crippen LogP contribution is 2.44. The van der Waals surface area contributed by atoms with Crippen LogP contribution in [-0.4, -0.2) is 46.1 Å². The zero-order valence-electron chi connectivity index (χ0n) is 18.8. The Morgan fingerprint density at radius 2 is 1.88 bits per heavy atom. The standard InChI is InChI=1S/C26H26FN7/c27-19-4-6-20(7-5-19)31-23-14-18(8-10-30-23)25-32-22-16-29-15-21(17-2-3-17)24(22)26(33-25)34-12-1-9-28-11-13-34/h4-8,10,14-17,28H,1-3,9,11-13H2,(H,30,31). The van der Waals surface area contributed by atoms with E-state index in [1.807, 2.05) is 24.5 Å². The van der Waals surface area contributed by atoms with Gasteiger partial charge < -0.3 is 15.5 Å². The first-order valence-electron chi connectivity index (χ1n) is 11.8. The minimum atomic E-state index is -0.271. The number of anilines is 3. The second kappa shape index (κ2) is 8.95. The number of rotatable bonds is 5. The molecule has 2 fully saturated rings. The van der Waals surface area contributed by atoms with Crippen molar-refractivity contribution in [1.29, 1.82) is 0 Å². The SMILES string of the molecule is Fc1ccc(Nc2cc(-c3nc(N4CCCNCC4)c4c(C5CC5)cncc4n3)ccn2)cc1. The number of aromatic nitrogens is 4. The van der Waals surface area contributed by atoms with Crippen LogP contribution in [0.25, 0.3) is 22.3 Å². The molecule has 0 bridgehead atoms. The molecule has 3 aromatic heterocycles. The van der Waals surface area contributed by atoms with Crippen LogP contribution in [0.2, 0.25) is 0 Å². The van der Waals surface area contributed by atoms with Crippen molar-refractivity contribution in [3.05, 3.63) is 66.4 Å². The van der Waals surface area contributed by atoms with E-state index in [1.165, 1.54) is 30.5 Å². The Labute approximate surface area is 197 Å². The van der Waals surface area contributed by atoms with E-state index < -0.39 is 0 Å². The quantitative estimate of drug-likeness (QED) is 0.454. The Morgan fingerprint density at radius 1 is 1.00 bits per heavy atom. The van der Waals surface area contributed by atoms with Crippen LogP contribution in [0.5, 0.6) is 0 Å². The summed E-state index contributed by atoms with van der Waals surface area (Å²) in [7, 11) is 0. The molecule has 7 nitrogen and oxygen atoms in total. The monoisotopic (exact) mass is 455 g/mol. The maximum Gasteiger partial charge on any atom is 0.162 e. The molecule has 0 spiro atoms. The van der Waals surface area contributed by atoms with Crippen molar-refractivity contribution in [3.63, 3.8) is 0 Å². The van der Waals surface area contributed by atoms with Gasteiger partial charge in [0.15, 0.2) is 5.82 Å². The second-order valence-corrected chi connectivity index (χ2v) is 8.92. The lowest BCUT2D eigenvalue weighted by atomic mass is 10.1. The van der Waals surface area contributed by atoms with Crippen molar-refractivity contribution in [2.45, 2.75) is 25.2 Å². The largest absolute Gasteiger partial charge is 0.355 e. The average Bonchev–Trinajstić information content (AvgIpc) is 3.72. The number of nitrogens with one attached hydrogen (secondary N) is 2. The normalized spacial score (nSPS) is 16.4. The van der Waals surface area contributed by atoms with E-state index in [-0.39, 0.29) is 5.82 Å². The molecule has 8 heteroatoms. The summed E-state index contributed by atoms with van der Waals surface area (Å²) in [6.45, 7) is 3.82. The molecule has 4 heterocycles. The Morgan fingerprint density at radius 3 is 2.74 bits per heavy atom. The summed E-state index contributed by atoms with van der Waals surface area (Å²) in [5.74, 6) is 2.59. The van der Waals surface area contributed by atoms with E-state index in [1.54, 1.807) is 18.3 Å². The van der Waals surface area contributed by atoms with Gasteiger partial charge in [0, 0.05) is 48.7 Å². The molecule has 2 N–H and O–H groups in total. The number of pyridine rings is 2. The fourth-order valence-electron chi connectivity index (χ4n) is 4.53. The van der Waals surface area contributed by atoms with Gasteiger partial charge in [-0.1, -0.05) is 0 Å². The molecule has 0 atom stereocenters. The first-order chi connectivity index (χ1) is 16.7. The van der Waals surface area contributed by atoms with Crippen LogP contribution < -0.4 is 15.5 Å². The highest BCUT2D eigenvalue weighted by molar-refractivity contribution is 5.94. The minimum Gasteiger partial charge on any atom is -0.355 e. The lowest BCUT2D eigenvalue weighted by Crippen LogP contribution is -2.29. The van der Waals surface area contributed by atoms with Crippen LogP contribution in [0, 0.1) is 5.82 Å². The van der Waals surface area contributed by atoms with Gasteiger partial charge in [-0.3, -0.25) is 4.98 Å². The number of benzene rings is 1. The Bertz CT molecular complexity index is 1310. The maximum absolute atomic E-state index is 13.3. The third-order valence-corrected chi connectivity index (χ3v) is 6.41. The van der Waals surface area contributed by atoms with Gasteiger partial charge in [0.05, 0.1) is 11.7 Å². The molecular formula is C26H26FN7. The van der Waals surface area contributed by atoms with Gasteiger partial charge in [-0.15, -0.1) is 0 Å². The smallest absolute Gasteiger partial charge is 0.162 e. The summed E-state index contributed by atoms with van der Waals surface area (Å²) in [6, 6.07) is 10.1. The Hall–Kier alpha value is -3.65. The van der Waals surface area contributed by atoms with E-state index in [0.717, 1.165) is 60.6 Å². The topological polar surface area (TPSA) is 78.9 Å². The van der Waals surface area contributed by atoms with Gasteiger partial charge in [0.2, 0.25) is 0 Å². The van der Waals surface area contributed by atoms with Crippen LogP contribution in [0.4, 0.5) is 21.7 Å². The number of hydrogen-bond acceptors (Lipinski definition) is 7. The van der Waals surface area contributed by atoms with Gasteiger partial charge in [0.25, 0.3) is 0 Å².